The molecule has 1 aliphatic heterocycles. The fourth-order valence-corrected chi connectivity index (χ4v) is 2.54. The second kappa shape index (κ2) is 6.16. The van der Waals surface area contributed by atoms with Crippen LogP contribution in [0.2, 0.25) is 0 Å². The Balaban J connectivity index is 2.34. The van der Waals surface area contributed by atoms with Crippen LogP contribution in [0.15, 0.2) is 18.2 Å². The minimum atomic E-state index is -0.216. The average molecular weight is 253 g/mol. The standard InChI is InChI=1S/C14H20FNO2/c1-3-16-14(10-7-8-18-9-10)13-11(15)5-4-6-12(13)17-2/h4-6,10,14,16H,3,7-9H2,1-2H3. The maximum Gasteiger partial charge on any atom is 0.131 e. The lowest BCUT2D eigenvalue weighted by Crippen LogP contribution is -2.29. The molecule has 0 bridgehead atoms. The van der Waals surface area contributed by atoms with Crippen molar-refractivity contribution in [3.63, 3.8) is 0 Å². The molecule has 0 aliphatic carbocycles. The van der Waals surface area contributed by atoms with E-state index in [4.69, 9.17) is 9.47 Å². The molecule has 3 nitrogen and oxygen atoms in total. The quantitative estimate of drug-likeness (QED) is 0.874. The highest BCUT2D eigenvalue weighted by molar-refractivity contribution is 5.37. The van der Waals surface area contributed by atoms with E-state index in [1.165, 1.54) is 6.07 Å². The monoisotopic (exact) mass is 253 g/mol. The summed E-state index contributed by atoms with van der Waals surface area (Å²) in [5, 5.41) is 3.36. The second-order valence-electron chi connectivity index (χ2n) is 4.51. The Morgan fingerprint density at radius 2 is 2.39 bits per heavy atom. The molecule has 1 heterocycles. The van der Waals surface area contributed by atoms with Gasteiger partial charge in [0.25, 0.3) is 0 Å². The van der Waals surface area contributed by atoms with E-state index in [1.54, 1.807) is 19.2 Å². The Bertz CT molecular complexity index is 391. The highest BCUT2D eigenvalue weighted by Gasteiger charge is 2.30. The smallest absolute Gasteiger partial charge is 0.131 e. The molecule has 0 spiro atoms. The molecule has 2 rings (SSSR count). The van der Waals surface area contributed by atoms with Crippen molar-refractivity contribution in [1.82, 2.24) is 5.32 Å². The lowest BCUT2D eigenvalue weighted by Gasteiger charge is -2.25. The number of ether oxygens (including phenoxy) is 2. The van der Waals surface area contributed by atoms with E-state index in [0.717, 1.165) is 19.6 Å². The first-order valence-electron chi connectivity index (χ1n) is 6.41. The zero-order chi connectivity index (χ0) is 13.0. The van der Waals surface area contributed by atoms with Crippen LogP contribution in [0.25, 0.3) is 0 Å². The fourth-order valence-electron chi connectivity index (χ4n) is 2.54. The first-order chi connectivity index (χ1) is 8.77. The van der Waals surface area contributed by atoms with Gasteiger partial charge < -0.3 is 14.8 Å². The number of methoxy groups -OCH3 is 1. The highest BCUT2D eigenvalue weighted by atomic mass is 19.1. The van der Waals surface area contributed by atoms with Gasteiger partial charge >= 0.3 is 0 Å². The Kier molecular flexibility index (Phi) is 4.55. The van der Waals surface area contributed by atoms with Gasteiger partial charge in [-0.25, -0.2) is 4.39 Å². The van der Waals surface area contributed by atoms with Crippen LogP contribution in [0.4, 0.5) is 4.39 Å². The van der Waals surface area contributed by atoms with Crippen molar-refractivity contribution >= 4 is 0 Å². The summed E-state index contributed by atoms with van der Waals surface area (Å²) in [7, 11) is 1.58. The third-order valence-electron chi connectivity index (χ3n) is 3.40. The van der Waals surface area contributed by atoms with Crippen molar-refractivity contribution < 1.29 is 13.9 Å². The topological polar surface area (TPSA) is 30.5 Å². The zero-order valence-corrected chi connectivity index (χ0v) is 10.9. The van der Waals surface area contributed by atoms with Gasteiger partial charge in [0, 0.05) is 24.1 Å². The molecular weight excluding hydrogens is 233 g/mol. The normalized spacial score (nSPS) is 20.9. The van der Waals surface area contributed by atoms with Gasteiger partial charge in [0.15, 0.2) is 0 Å². The maximum absolute atomic E-state index is 14.1. The molecule has 2 unspecified atom stereocenters. The molecule has 0 radical (unpaired) electrons. The average Bonchev–Trinajstić information content (AvgIpc) is 2.90. The van der Waals surface area contributed by atoms with E-state index in [-0.39, 0.29) is 11.9 Å². The number of rotatable bonds is 5. The van der Waals surface area contributed by atoms with Crippen LogP contribution in [0.5, 0.6) is 5.75 Å². The van der Waals surface area contributed by atoms with Gasteiger partial charge in [0.2, 0.25) is 0 Å². The molecule has 0 saturated carbocycles. The number of benzene rings is 1. The molecule has 100 valence electrons. The lowest BCUT2D eigenvalue weighted by atomic mass is 9.91. The molecule has 0 aromatic heterocycles. The summed E-state index contributed by atoms with van der Waals surface area (Å²) in [5.41, 5.74) is 0.623. The van der Waals surface area contributed by atoms with Crippen molar-refractivity contribution in [1.29, 1.82) is 0 Å². The molecule has 1 aromatic rings. The first kappa shape index (κ1) is 13.3. The molecule has 1 aliphatic rings. The summed E-state index contributed by atoms with van der Waals surface area (Å²) >= 11 is 0. The van der Waals surface area contributed by atoms with Crippen LogP contribution < -0.4 is 10.1 Å². The SMILES string of the molecule is CCNC(c1c(F)cccc1OC)C1CCOC1. The summed E-state index contributed by atoms with van der Waals surface area (Å²) in [6.07, 6.45) is 0.954. The van der Waals surface area contributed by atoms with Crippen molar-refractivity contribution in [2.24, 2.45) is 5.92 Å². The summed E-state index contributed by atoms with van der Waals surface area (Å²) in [6, 6.07) is 4.91. The summed E-state index contributed by atoms with van der Waals surface area (Å²) < 4.78 is 24.8. The van der Waals surface area contributed by atoms with Gasteiger partial charge in [0.1, 0.15) is 11.6 Å². The van der Waals surface area contributed by atoms with E-state index >= 15 is 0 Å². The number of hydrogen-bond donors (Lipinski definition) is 1. The molecule has 1 aromatic carbocycles. The third kappa shape index (κ3) is 2.65. The van der Waals surface area contributed by atoms with Gasteiger partial charge in [-0.3, -0.25) is 0 Å². The van der Waals surface area contributed by atoms with Crippen LogP contribution in [0.1, 0.15) is 24.9 Å². The van der Waals surface area contributed by atoms with Gasteiger partial charge in [-0.15, -0.1) is 0 Å². The second-order valence-corrected chi connectivity index (χ2v) is 4.51. The van der Waals surface area contributed by atoms with E-state index < -0.39 is 0 Å². The lowest BCUT2D eigenvalue weighted by molar-refractivity contribution is 0.176. The highest BCUT2D eigenvalue weighted by Crippen LogP contribution is 2.35. The Hall–Kier alpha value is -1.13. The third-order valence-corrected chi connectivity index (χ3v) is 3.40. The van der Waals surface area contributed by atoms with Crippen molar-refractivity contribution in [3.05, 3.63) is 29.6 Å². The predicted octanol–water partition coefficient (Wildman–Crippen LogP) is 2.52. The van der Waals surface area contributed by atoms with Gasteiger partial charge in [0.05, 0.1) is 13.7 Å². The van der Waals surface area contributed by atoms with Gasteiger partial charge in [-0.2, -0.15) is 0 Å². The van der Waals surface area contributed by atoms with Crippen molar-refractivity contribution in [2.75, 3.05) is 26.9 Å². The van der Waals surface area contributed by atoms with Crippen LogP contribution in [-0.4, -0.2) is 26.9 Å². The van der Waals surface area contributed by atoms with E-state index in [9.17, 15) is 4.39 Å². The van der Waals surface area contributed by atoms with Gasteiger partial charge in [-0.05, 0) is 25.1 Å². The van der Waals surface area contributed by atoms with Crippen molar-refractivity contribution in [3.8, 4) is 5.75 Å². The maximum atomic E-state index is 14.1. The van der Waals surface area contributed by atoms with E-state index in [2.05, 4.69) is 5.32 Å². The number of nitrogens with one attached hydrogen (secondary N) is 1. The van der Waals surface area contributed by atoms with Crippen LogP contribution in [0, 0.1) is 11.7 Å². The summed E-state index contributed by atoms with van der Waals surface area (Å²) in [6.45, 7) is 4.24. The first-order valence-corrected chi connectivity index (χ1v) is 6.41. The Labute approximate surface area is 107 Å². The minimum absolute atomic E-state index is 0.0475. The van der Waals surface area contributed by atoms with E-state index in [0.29, 0.717) is 23.8 Å². The molecule has 1 fully saturated rings. The summed E-state index contributed by atoms with van der Waals surface area (Å²) in [4.78, 5) is 0. The number of hydrogen-bond acceptors (Lipinski definition) is 3. The molecule has 1 N–H and O–H groups in total. The minimum Gasteiger partial charge on any atom is -0.496 e. The van der Waals surface area contributed by atoms with Crippen LogP contribution in [-0.2, 0) is 4.74 Å². The van der Waals surface area contributed by atoms with Crippen LogP contribution in [0.3, 0.4) is 0 Å². The Morgan fingerprint density at radius 1 is 1.56 bits per heavy atom. The summed E-state index contributed by atoms with van der Waals surface area (Å²) in [5.74, 6) is 0.691. The van der Waals surface area contributed by atoms with Crippen molar-refractivity contribution in [2.45, 2.75) is 19.4 Å². The Morgan fingerprint density at radius 3 is 3.00 bits per heavy atom. The molecule has 2 atom stereocenters. The largest absolute Gasteiger partial charge is 0.496 e. The molecule has 1 saturated heterocycles. The molecule has 4 heteroatoms. The predicted molar refractivity (Wildman–Crippen MR) is 68.3 cm³/mol. The fraction of sp³-hybridized carbons (Fsp3) is 0.571. The van der Waals surface area contributed by atoms with Gasteiger partial charge in [-0.1, -0.05) is 13.0 Å². The molecular formula is C14H20FNO2. The zero-order valence-electron chi connectivity index (χ0n) is 10.9. The molecule has 0 amide bonds. The molecule has 18 heavy (non-hydrogen) atoms. The number of halogens is 1. The van der Waals surface area contributed by atoms with Crippen LogP contribution >= 0.6 is 0 Å². The van der Waals surface area contributed by atoms with E-state index in [1.807, 2.05) is 6.92 Å².